The third-order valence-electron chi connectivity index (χ3n) is 5.68. The normalized spacial score (nSPS) is 20.2. The van der Waals surface area contributed by atoms with Crippen molar-refractivity contribution in [1.29, 1.82) is 0 Å². The Labute approximate surface area is 151 Å². The average molecular weight is 347 g/mol. The molecule has 1 amide bonds. The largest absolute Gasteiger partial charge is 0.487 e. The highest BCUT2D eigenvalue weighted by molar-refractivity contribution is 5.87. The van der Waals surface area contributed by atoms with Crippen molar-refractivity contribution in [3.05, 3.63) is 59.9 Å². The van der Waals surface area contributed by atoms with Crippen molar-refractivity contribution in [2.45, 2.75) is 43.7 Å². The second kappa shape index (κ2) is 5.87. The highest BCUT2D eigenvalue weighted by atomic mass is 16.5. The van der Waals surface area contributed by atoms with Crippen molar-refractivity contribution in [3.63, 3.8) is 0 Å². The third kappa shape index (κ3) is 2.55. The molecule has 3 heterocycles. The number of ether oxygens (including phenoxy) is 1. The lowest BCUT2D eigenvalue weighted by molar-refractivity contribution is -0.122. The quantitative estimate of drug-likeness (QED) is 0.760. The van der Waals surface area contributed by atoms with Crippen LogP contribution in [-0.2, 0) is 11.2 Å². The van der Waals surface area contributed by atoms with E-state index in [0.717, 1.165) is 47.2 Å². The number of H-pyrrole nitrogens is 1. The van der Waals surface area contributed by atoms with E-state index in [9.17, 15) is 4.79 Å². The Hall–Kier alpha value is -2.82. The molecule has 1 aromatic carbocycles. The van der Waals surface area contributed by atoms with Crippen LogP contribution in [0.25, 0.3) is 11.0 Å². The van der Waals surface area contributed by atoms with Gasteiger partial charge in [-0.05, 0) is 43.0 Å². The number of rotatable bonds is 3. The molecule has 5 nitrogen and oxygen atoms in total. The van der Waals surface area contributed by atoms with Crippen LogP contribution in [0.15, 0.2) is 48.8 Å². The van der Waals surface area contributed by atoms with Gasteiger partial charge in [0.25, 0.3) is 0 Å². The summed E-state index contributed by atoms with van der Waals surface area (Å²) in [6, 6.07) is 12.0. The Morgan fingerprint density at radius 1 is 1.27 bits per heavy atom. The zero-order valence-corrected chi connectivity index (χ0v) is 14.5. The molecule has 132 valence electrons. The molecule has 1 atom stereocenters. The van der Waals surface area contributed by atoms with Gasteiger partial charge in [0.2, 0.25) is 5.91 Å². The van der Waals surface area contributed by atoms with Crippen LogP contribution in [0, 0.1) is 0 Å². The molecule has 2 N–H and O–H groups in total. The number of benzene rings is 1. The summed E-state index contributed by atoms with van der Waals surface area (Å²) < 4.78 is 6.27. The Kier molecular flexibility index (Phi) is 3.48. The van der Waals surface area contributed by atoms with Crippen molar-refractivity contribution in [2.24, 2.45) is 0 Å². The second-order valence-electron chi connectivity index (χ2n) is 7.39. The lowest BCUT2D eigenvalue weighted by atomic mass is 9.73. The van der Waals surface area contributed by atoms with Gasteiger partial charge in [0.05, 0.1) is 12.5 Å². The summed E-state index contributed by atoms with van der Waals surface area (Å²) in [5.74, 6) is 0.950. The number of hydrogen-bond donors (Lipinski definition) is 2. The summed E-state index contributed by atoms with van der Waals surface area (Å²) >= 11 is 0. The van der Waals surface area contributed by atoms with E-state index in [2.05, 4.69) is 21.4 Å². The molecule has 3 aromatic rings. The predicted octanol–water partition coefficient (Wildman–Crippen LogP) is 3.67. The smallest absolute Gasteiger partial charge is 0.224 e. The van der Waals surface area contributed by atoms with Gasteiger partial charge in [-0.15, -0.1) is 0 Å². The van der Waals surface area contributed by atoms with Crippen LogP contribution in [0.4, 0.5) is 0 Å². The number of aromatic amines is 1. The van der Waals surface area contributed by atoms with Crippen LogP contribution in [0.5, 0.6) is 5.75 Å². The summed E-state index contributed by atoms with van der Waals surface area (Å²) in [4.78, 5) is 20.2. The third-order valence-corrected chi connectivity index (χ3v) is 5.68. The van der Waals surface area contributed by atoms with Gasteiger partial charge in [0.1, 0.15) is 17.0 Å². The molecule has 5 heteroatoms. The molecule has 1 spiro atoms. The van der Waals surface area contributed by atoms with Gasteiger partial charge in [-0.25, -0.2) is 4.98 Å². The van der Waals surface area contributed by atoms with Gasteiger partial charge in [0.15, 0.2) is 0 Å². The first-order valence-electron chi connectivity index (χ1n) is 9.21. The summed E-state index contributed by atoms with van der Waals surface area (Å²) in [5, 5.41) is 4.25. The maximum Gasteiger partial charge on any atom is 0.224 e. The minimum absolute atomic E-state index is 0.0103. The number of fused-ring (bicyclic) bond motifs is 2. The molecule has 2 aromatic heterocycles. The van der Waals surface area contributed by atoms with Crippen molar-refractivity contribution >= 4 is 16.9 Å². The number of carbonyl (C=O) groups is 1. The summed E-state index contributed by atoms with van der Waals surface area (Å²) in [7, 11) is 0. The molecule has 1 aliphatic heterocycles. The maximum atomic E-state index is 12.8. The standard InChI is InChI=1S/C21H21N3O2/c25-19(11-14-13-23-20-15(14)6-3-10-22-20)24-17-12-21(8-4-9-21)26-18-7-2-1-5-16(17)18/h1-3,5-7,10,13,17H,4,8-9,11-12H2,(H,22,23)(H,24,25)/t17-/m1/s1. The highest BCUT2D eigenvalue weighted by Crippen LogP contribution is 2.48. The number of nitrogens with zero attached hydrogens (tertiary/aromatic N) is 1. The van der Waals surface area contributed by atoms with Crippen molar-refractivity contribution < 1.29 is 9.53 Å². The van der Waals surface area contributed by atoms with Crippen LogP contribution >= 0.6 is 0 Å². The van der Waals surface area contributed by atoms with Crippen molar-refractivity contribution in [3.8, 4) is 5.75 Å². The lowest BCUT2D eigenvalue weighted by Crippen LogP contribution is -2.49. The van der Waals surface area contributed by atoms with Gasteiger partial charge in [-0.3, -0.25) is 4.79 Å². The van der Waals surface area contributed by atoms with Gasteiger partial charge >= 0.3 is 0 Å². The van der Waals surface area contributed by atoms with E-state index < -0.39 is 0 Å². The van der Waals surface area contributed by atoms with Crippen LogP contribution in [0.1, 0.15) is 42.9 Å². The SMILES string of the molecule is O=C(Cc1c[nH]c2ncccc12)N[C@@H]1CC2(CCC2)Oc2ccccc21. The minimum Gasteiger partial charge on any atom is -0.487 e. The number of carbonyl (C=O) groups excluding carboxylic acids is 1. The number of amides is 1. The molecule has 2 aliphatic rings. The van der Waals surface area contributed by atoms with E-state index >= 15 is 0 Å². The van der Waals surface area contributed by atoms with E-state index in [1.165, 1.54) is 6.42 Å². The van der Waals surface area contributed by atoms with E-state index in [1.54, 1.807) is 6.20 Å². The number of para-hydroxylation sites is 1. The number of pyridine rings is 1. The van der Waals surface area contributed by atoms with Crippen LogP contribution in [0.3, 0.4) is 0 Å². The first-order chi connectivity index (χ1) is 12.7. The Morgan fingerprint density at radius 2 is 2.15 bits per heavy atom. The fourth-order valence-corrected chi connectivity index (χ4v) is 4.20. The summed E-state index contributed by atoms with van der Waals surface area (Å²) in [6.07, 6.45) is 8.17. The Balaban J connectivity index is 1.37. The van der Waals surface area contributed by atoms with E-state index in [1.807, 2.05) is 36.5 Å². The number of hydrogen-bond acceptors (Lipinski definition) is 3. The zero-order chi connectivity index (χ0) is 17.6. The van der Waals surface area contributed by atoms with Gasteiger partial charge in [-0.2, -0.15) is 0 Å². The molecule has 1 aliphatic carbocycles. The van der Waals surface area contributed by atoms with Gasteiger partial charge < -0.3 is 15.0 Å². The first kappa shape index (κ1) is 15.4. The molecule has 0 bridgehead atoms. The minimum atomic E-state index is -0.0863. The van der Waals surface area contributed by atoms with E-state index in [4.69, 9.17) is 4.74 Å². The molecule has 0 radical (unpaired) electrons. The Morgan fingerprint density at radius 3 is 3.00 bits per heavy atom. The maximum absolute atomic E-state index is 12.8. The fourth-order valence-electron chi connectivity index (χ4n) is 4.20. The number of aromatic nitrogens is 2. The highest BCUT2D eigenvalue weighted by Gasteiger charge is 2.45. The fraction of sp³-hybridized carbons (Fsp3) is 0.333. The van der Waals surface area contributed by atoms with Crippen LogP contribution < -0.4 is 10.1 Å². The number of nitrogens with one attached hydrogen (secondary N) is 2. The van der Waals surface area contributed by atoms with Crippen molar-refractivity contribution in [1.82, 2.24) is 15.3 Å². The van der Waals surface area contributed by atoms with E-state index in [0.29, 0.717) is 6.42 Å². The molecule has 0 saturated heterocycles. The van der Waals surface area contributed by atoms with E-state index in [-0.39, 0.29) is 17.6 Å². The molecular weight excluding hydrogens is 326 g/mol. The predicted molar refractivity (Wildman–Crippen MR) is 99.0 cm³/mol. The second-order valence-corrected chi connectivity index (χ2v) is 7.39. The first-order valence-corrected chi connectivity index (χ1v) is 9.21. The molecule has 26 heavy (non-hydrogen) atoms. The topological polar surface area (TPSA) is 67.0 Å². The molecule has 5 rings (SSSR count). The van der Waals surface area contributed by atoms with Gasteiger partial charge in [0, 0.05) is 29.8 Å². The molecule has 0 unspecified atom stereocenters. The van der Waals surface area contributed by atoms with Crippen LogP contribution in [0.2, 0.25) is 0 Å². The summed E-state index contributed by atoms with van der Waals surface area (Å²) in [6.45, 7) is 0. The van der Waals surface area contributed by atoms with Gasteiger partial charge in [-0.1, -0.05) is 18.2 Å². The molecule has 1 saturated carbocycles. The molecular formula is C21H21N3O2. The summed E-state index contributed by atoms with van der Waals surface area (Å²) in [5.41, 5.74) is 2.79. The molecule has 1 fully saturated rings. The van der Waals surface area contributed by atoms with Crippen molar-refractivity contribution in [2.75, 3.05) is 0 Å². The van der Waals surface area contributed by atoms with Crippen LogP contribution in [-0.4, -0.2) is 21.5 Å². The Bertz CT molecular complexity index is 974. The monoisotopic (exact) mass is 347 g/mol. The zero-order valence-electron chi connectivity index (χ0n) is 14.5. The average Bonchev–Trinajstić information content (AvgIpc) is 3.03. The lowest BCUT2D eigenvalue weighted by Gasteiger charge is -2.48.